The molecule has 0 N–H and O–H groups in total. The van der Waals surface area contributed by atoms with E-state index >= 15 is 0 Å². The van der Waals surface area contributed by atoms with Crippen LogP contribution < -0.4 is 9.80 Å². The Hall–Kier alpha value is -3.10. The van der Waals surface area contributed by atoms with Gasteiger partial charge in [-0.1, -0.05) is 0 Å². The summed E-state index contributed by atoms with van der Waals surface area (Å²) >= 11 is 0. The highest BCUT2D eigenvalue weighted by atomic mass is 15.4. The molecule has 0 atom stereocenters. The summed E-state index contributed by atoms with van der Waals surface area (Å²) < 4.78 is 1.61. The minimum atomic E-state index is 0.361. The smallest absolute Gasteiger partial charge is 0.175 e. The molecule has 0 amide bonds. The van der Waals surface area contributed by atoms with Crippen LogP contribution in [0.4, 0.5) is 11.6 Å². The first kappa shape index (κ1) is 15.2. The largest absolute Gasteiger partial charge is 0.352 e. The lowest BCUT2D eigenvalue weighted by Gasteiger charge is -2.44. The third-order valence-electron chi connectivity index (χ3n) is 5.02. The van der Waals surface area contributed by atoms with Crippen LogP contribution in [0.1, 0.15) is 24.5 Å². The van der Waals surface area contributed by atoms with Gasteiger partial charge in [0.25, 0.3) is 0 Å². The van der Waals surface area contributed by atoms with E-state index in [2.05, 4.69) is 52.2 Å². The van der Waals surface area contributed by atoms with Crippen molar-refractivity contribution in [2.24, 2.45) is 0 Å². The summed E-state index contributed by atoms with van der Waals surface area (Å²) in [5.41, 5.74) is 1.13. The molecule has 9 heteroatoms. The van der Waals surface area contributed by atoms with Crippen molar-refractivity contribution in [2.45, 2.75) is 24.8 Å². The minimum absolute atomic E-state index is 0.361. The number of anilines is 2. The fraction of sp³-hybridized carbons (Fsp3) is 0.412. The Bertz CT molecular complexity index is 883. The Morgan fingerprint density at radius 2 is 1.92 bits per heavy atom. The molecule has 9 nitrogen and oxygen atoms in total. The van der Waals surface area contributed by atoms with E-state index in [9.17, 15) is 0 Å². The van der Waals surface area contributed by atoms with Crippen molar-refractivity contribution in [3.63, 3.8) is 0 Å². The number of nitrogens with zero attached hydrogens (tertiary/aromatic N) is 9. The predicted molar refractivity (Wildman–Crippen MR) is 95.4 cm³/mol. The maximum absolute atomic E-state index is 4.63. The predicted octanol–water partition coefficient (Wildman–Crippen LogP) is 1.05. The second kappa shape index (κ2) is 6.01. The van der Waals surface area contributed by atoms with Crippen LogP contribution in [0.15, 0.2) is 37.2 Å². The highest BCUT2D eigenvalue weighted by Gasteiger charge is 2.32. The van der Waals surface area contributed by atoms with E-state index in [0.717, 1.165) is 30.4 Å². The zero-order valence-corrected chi connectivity index (χ0v) is 14.5. The lowest BCUT2D eigenvalue weighted by atomic mass is 10.1. The average molecular weight is 349 g/mol. The molecule has 5 rings (SSSR count). The van der Waals surface area contributed by atoms with Crippen LogP contribution in [0.25, 0.3) is 5.82 Å². The van der Waals surface area contributed by atoms with Gasteiger partial charge in [-0.25, -0.2) is 14.6 Å². The van der Waals surface area contributed by atoms with Crippen molar-refractivity contribution < 1.29 is 0 Å². The maximum atomic E-state index is 4.63. The number of hydrogen-bond donors (Lipinski definition) is 0. The fourth-order valence-electron chi connectivity index (χ4n) is 3.13. The Morgan fingerprint density at radius 1 is 1.04 bits per heavy atom. The van der Waals surface area contributed by atoms with Crippen molar-refractivity contribution in [2.75, 3.05) is 29.9 Å². The molecule has 26 heavy (non-hydrogen) atoms. The average Bonchev–Trinajstić information content (AvgIpc) is 3.35. The summed E-state index contributed by atoms with van der Waals surface area (Å²) in [6, 6.07) is 4.56. The molecule has 0 radical (unpaired) electrons. The minimum Gasteiger partial charge on any atom is -0.352 e. The van der Waals surface area contributed by atoms with Gasteiger partial charge in [-0.2, -0.15) is 10.2 Å². The van der Waals surface area contributed by atoms with Crippen molar-refractivity contribution in [1.82, 2.24) is 34.9 Å². The van der Waals surface area contributed by atoms with E-state index in [1.165, 1.54) is 19.2 Å². The first-order valence-corrected chi connectivity index (χ1v) is 8.76. The zero-order valence-electron chi connectivity index (χ0n) is 14.5. The molecule has 132 valence electrons. The van der Waals surface area contributed by atoms with Gasteiger partial charge in [-0.15, -0.1) is 5.10 Å². The zero-order chi connectivity index (χ0) is 17.5. The normalized spacial score (nSPS) is 17.2. The third-order valence-corrected chi connectivity index (χ3v) is 5.02. The molecular weight excluding hydrogens is 330 g/mol. The molecule has 4 heterocycles. The van der Waals surface area contributed by atoms with Crippen molar-refractivity contribution in [1.29, 1.82) is 0 Å². The van der Waals surface area contributed by atoms with Crippen LogP contribution in [0, 0.1) is 0 Å². The number of hydrogen-bond acceptors (Lipinski definition) is 8. The molecule has 1 aliphatic heterocycles. The topological polar surface area (TPSA) is 88.8 Å². The Morgan fingerprint density at radius 3 is 2.62 bits per heavy atom. The molecule has 0 unspecified atom stereocenters. The summed E-state index contributed by atoms with van der Waals surface area (Å²) in [7, 11) is 2.04. The number of likely N-dealkylation sites (N-methyl/N-ethyl adjacent to an activating group) is 1. The summed E-state index contributed by atoms with van der Waals surface area (Å²) in [6.45, 7) is 1.78. The van der Waals surface area contributed by atoms with Gasteiger partial charge in [0.2, 0.25) is 0 Å². The summed E-state index contributed by atoms with van der Waals surface area (Å²) in [6.07, 6.45) is 9.04. The van der Waals surface area contributed by atoms with Crippen LogP contribution in [0.5, 0.6) is 0 Å². The van der Waals surface area contributed by atoms with E-state index in [4.69, 9.17) is 0 Å². The molecule has 0 bridgehead atoms. The lowest BCUT2D eigenvalue weighted by Crippen LogP contribution is -2.59. The first-order chi connectivity index (χ1) is 12.8. The van der Waals surface area contributed by atoms with Crippen molar-refractivity contribution >= 4 is 11.6 Å². The molecule has 1 saturated carbocycles. The van der Waals surface area contributed by atoms with Gasteiger partial charge >= 0.3 is 0 Å². The Kier molecular flexibility index (Phi) is 3.51. The molecule has 3 aromatic rings. The van der Waals surface area contributed by atoms with Gasteiger partial charge in [-0.3, -0.25) is 4.98 Å². The second-order valence-corrected chi connectivity index (χ2v) is 6.84. The monoisotopic (exact) mass is 349 g/mol. The van der Waals surface area contributed by atoms with E-state index in [1.54, 1.807) is 23.4 Å². The number of rotatable bonds is 5. The maximum Gasteiger partial charge on any atom is 0.175 e. The quantitative estimate of drug-likeness (QED) is 0.675. The summed E-state index contributed by atoms with van der Waals surface area (Å²) in [4.78, 5) is 17.2. The van der Waals surface area contributed by atoms with Crippen LogP contribution in [0.3, 0.4) is 0 Å². The van der Waals surface area contributed by atoms with Gasteiger partial charge in [-0.05, 0) is 25.0 Å². The van der Waals surface area contributed by atoms with Crippen LogP contribution >= 0.6 is 0 Å². The van der Waals surface area contributed by atoms with E-state index in [1.807, 2.05) is 7.05 Å². The van der Waals surface area contributed by atoms with E-state index < -0.39 is 0 Å². The molecular formula is C17H19N9. The molecule has 3 aromatic heterocycles. The standard InChI is InChI=1S/C17H19N9/c1-24(16-6-18-7-17(21-16)26-11-19-10-20-26)13-8-25(9-13)15-5-4-14(22-23-15)12-2-3-12/h4-7,10-13H,2-3,8-9H2,1H3. The molecule has 0 spiro atoms. The van der Waals surface area contributed by atoms with Crippen molar-refractivity contribution in [3.8, 4) is 5.82 Å². The molecule has 1 aliphatic carbocycles. The van der Waals surface area contributed by atoms with Crippen LogP contribution in [-0.4, -0.2) is 61.1 Å². The molecule has 1 saturated heterocycles. The van der Waals surface area contributed by atoms with E-state index in [-0.39, 0.29) is 0 Å². The Balaban J connectivity index is 1.25. The Labute approximate surface area is 150 Å². The first-order valence-electron chi connectivity index (χ1n) is 8.76. The molecule has 0 aromatic carbocycles. The molecule has 2 aliphatic rings. The van der Waals surface area contributed by atoms with Gasteiger partial charge in [0.15, 0.2) is 11.6 Å². The van der Waals surface area contributed by atoms with Gasteiger partial charge in [0.05, 0.1) is 24.1 Å². The molecule has 2 fully saturated rings. The van der Waals surface area contributed by atoms with Gasteiger partial charge in [0.1, 0.15) is 18.5 Å². The lowest BCUT2D eigenvalue weighted by molar-refractivity contribution is 0.487. The number of aromatic nitrogens is 7. The van der Waals surface area contributed by atoms with Gasteiger partial charge < -0.3 is 9.80 Å². The SMILES string of the molecule is CN(c1cncc(-n2cncn2)n1)C1CN(c2ccc(C3CC3)nn2)C1. The third kappa shape index (κ3) is 2.75. The van der Waals surface area contributed by atoms with Gasteiger partial charge in [0, 0.05) is 26.1 Å². The van der Waals surface area contributed by atoms with Crippen LogP contribution in [0.2, 0.25) is 0 Å². The van der Waals surface area contributed by atoms with Crippen LogP contribution in [-0.2, 0) is 0 Å². The summed E-state index contributed by atoms with van der Waals surface area (Å²) in [5, 5.41) is 12.9. The van der Waals surface area contributed by atoms with E-state index in [0.29, 0.717) is 17.8 Å². The highest BCUT2D eigenvalue weighted by Crippen LogP contribution is 2.38. The second-order valence-electron chi connectivity index (χ2n) is 6.84. The highest BCUT2D eigenvalue weighted by molar-refractivity contribution is 5.48. The summed E-state index contributed by atoms with van der Waals surface area (Å²) in [5.74, 6) is 3.06. The van der Waals surface area contributed by atoms with Crippen molar-refractivity contribution in [3.05, 3.63) is 42.9 Å². The fourth-order valence-corrected chi connectivity index (χ4v) is 3.13.